The number of amides is 15. The quantitative estimate of drug-likeness (QED) is 0.0799. The topological polar surface area (TPSA) is 511 Å². The highest BCUT2D eigenvalue weighted by Gasteiger charge is 2.40. The van der Waals surface area contributed by atoms with Crippen LogP contribution in [0.1, 0.15) is 87.8 Å². The molecule has 12 unspecified atom stereocenters. The van der Waals surface area contributed by atoms with E-state index < -0.39 is 186 Å². The van der Waals surface area contributed by atoms with Gasteiger partial charge in [0.25, 0.3) is 0 Å². The molecule has 0 radical (unpaired) electrons. The standard InChI is InChI=1S/C74H93N15O18S3/c1-38-62(96)81-53(30-58(91)92)67(101)83-50(27-41-14-9-8-10-15-41)65(99)82-51(28-42-20-22-48(90)23-21-42)66(100)84-54(31-59(93)94)68(102)88-60(74(4,5)6)71(105)85-55(61(75)95)35-108-32-43-24-44-26-45(25-43)34-110-37-57(70(104)78-38)86-63(97)39(2)77-64(98)52(29-47-18-13-17-46-16-11-12-19-49(46)47)87-73(107)89-72(106)80-40(3)79-69(103)56(76-7)36-109-33-44/h8-26,38-40,50-57,60,76,90H,27-37H2,1-7H3,(H2,75,95)(H,77,98)(H,78,104)(H,79,103)(H,81,96)(H,82,99)(H,83,101)(H,84,100)(H,85,105)(H,86,97)(H,88,102)(H,91,92)(H,93,94)(H3,80,87,89,106,107). The number of hydrogen-bond donors (Lipinski definition) is 18. The van der Waals surface area contributed by atoms with Crippen molar-refractivity contribution in [1.29, 1.82) is 0 Å². The van der Waals surface area contributed by atoms with Crippen LogP contribution in [0.5, 0.6) is 5.75 Å². The van der Waals surface area contributed by atoms with Crippen molar-refractivity contribution in [3.8, 4) is 5.75 Å². The molecule has 15 amide bonds. The highest BCUT2D eigenvalue weighted by Crippen LogP contribution is 2.27. The second-order valence-electron chi connectivity index (χ2n) is 27.5. The molecule has 0 fully saturated rings. The van der Waals surface area contributed by atoms with Crippen molar-refractivity contribution in [2.45, 2.75) is 164 Å². The molecule has 0 spiro atoms. The van der Waals surface area contributed by atoms with Gasteiger partial charge in [-0.1, -0.05) is 124 Å². The number of fused-ring (bicyclic) bond motifs is 6. The Labute approximate surface area is 646 Å². The molecule has 19 N–H and O–H groups in total. The highest BCUT2D eigenvalue weighted by molar-refractivity contribution is 7.99. The van der Waals surface area contributed by atoms with Crippen LogP contribution in [0.3, 0.4) is 0 Å². The van der Waals surface area contributed by atoms with Crippen LogP contribution in [0.15, 0.2) is 115 Å². The number of carboxylic acids is 2. The first-order chi connectivity index (χ1) is 52.1. The van der Waals surface area contributed by atoms with Crippen molar-refractivity contribution in [1.82, 2.24) is 74.4 Å². The molecule has 7 rings (SSSR count). The van der Waals surface area contributed by atoms with E-state index in [0.717, 1.165) is 22.7 Å². The lowest BCUT2D eigenvalue weighted by atomic mass is 9.85. The number of benzene rings is 5. The smallest absolute Gasteiger partial charge is 0.324 e. The maximum absolute atomic E-state index is 14.8. The van der Waals surface area contributed by atoms with Gasteiger partial charge in [0.2, 0.25) is 65.0 Å². The minimum Gasteiger partial charge on any atom is -0.508 e. The van der Waals surface area contributed by atoms with Crippen LogP contribution in [0.4, 0.5) is 9.59 Å². The van der Waals surface area contributed by atoms with Gasteiger partial charge in [-0.15, -0.1) is 0 Å². The largest absolute Gasteiger partial charge is 0.508 e. The van der Waals surface area contributed by atoms with Crippen LogP contribution in [0.2, 0.25) is 0 Å². The van der Waals surface area contributed by atoms with E-state index in [1.165, 1.54) is 68.6 Å². The van der Waals surface area contributed by atoms with Crippen molar-refractivity contribution < 1.29 is 87.2 Å². The van der Waals surface area contributed by atoms with Crippen LogP contribution in [0, 0.1) is 5.41 Å². The molecule has 36 heteroatoms. The average molecular weight is 1580 g/mol. The van der Waals surface area contributed by atoms with E-state index in [0.29, 0.717) is 33.2 Å². The number of phenolic OH excluding ortho intramolecular Hbond substituents is 1. The fourth-order valence-corrected chi connectivity index (χ4v) is 14.7. The number of primary amides is 1. The summed E-state index contributed by atoms with van der Waals surface area (Å²) < 4.78 is 0. The minimum absolute atomic E-state index is 0.123. The Bertz CT molecular complexity index is 4210. The van der Waals surface area contributed by atoms with Gasteiger partial charge in [-0.05, 0) is 89.5 Å². The molecule has 2 heterocycles. The normalized spacial score (nSPS) is 24.5. The number of carboxylic acid groups (broad SMARTS) is 2. The second kappa shape index (κ2) is 41.0. The summed E-state index contributed by atoms with van der Waals surface area (Å²) in [4.78, 5) is 210. The number of aromatic hydroxyl groups is 1. The van der Waals surface area contributed by atoms with E-state index in [4.69, 9.17) is 5.73 Å². The maximum atomic E-state index is 14.8. The lowest BCUT2D eigenvalue weighted by Gasteiger charge is -2.33. The van der Waals surface area contributed by atoms with Crippen LogP contribution in [-0.2, 0) is 98.9 Å². The molecule has 0 aliphatic carbocycles. The summed E-state index contributed by atoms with van der Waals surface area (Å²) >= 11 is 3.66. The van der Waals surface area contributed by atoms with Gasteiger partial charge in [0.1, 0.15) is 72.3 Å². The molecule has 0 aromatic heterocycles. The fourth-order valence-electron chi connectivity index (χ4n) is 11.7. The van der Waals surface area contributed by atoms with Crippen LogP contribution < -0.4 is 80.2 Å². The van der Waals surface area contributed by atoms with Gasteiger partial charge < -0.3 is 90.2 Å². The summed E-state index contributed by atoms with van der Waals surface area (Å²) in [7, 11) is 1.56. The van der Waals surface area contributed by atoms with Gasteiger partial charge in [0.15, 0.2) is 0 Å². The number of urea groups is 2. The monoisotopic (exact) mass is 1580 g/mol. The number of phenols is 1. The zero-order chi connectivity index (χ0) is 80.5. The molecular formula is C74H93N15O18S3. The van der Waals surface area contributed by atoms with E-state index in [9.17, 15) is 87.2 Å². The number of nitrogens with two attached hydrogens (primary N) is 1. The molecule has 5 aromatic rings. The molecule has 33 nitrogen and oxygen atoms in total. The number of rotatable bonds is 12. The van der Waals surface area contributed by atoms with Gasteiger partial charge in [0, 0.05) is 53.8 Å². The van der Waals surface area contributed by atoms with E-state index in [-0.39, 0.29) is 53.1 Å². The third kappa shape index (κ3) is 27.0. The number of imide groups is 1. The first-order valence-electron chi connectivity index (χ1n) is 35.1. The van der Waals surface area contributed by atoms with Crippen molar-refractivity contribution in [2.75, 3.05) is 24.3 Å². The molecule has 5 aromatic carbocycles. The van der Waals surface area contributed by atoms with E-state index in [1.54, 1.807) is 82.4 Å². The third-order valence-corrected chi connectivity index (χ3v) is 20.8. The zero-order valence-electron chi connectivity index (χ0n) is 61.4. The van der Waals surface area contributed by atoms with Crippen LogP contribution in [-0.4, -0.2) is 201 Å². The lowest BCUT2D eigenvalue weighted by molar-refractivity contribution is -0.142. The Balaban J connectivity index is 1.29. The second-order valence-corrected chi connectivity index (χ2v) is 30.6. The Hall–Kier alpha value is -11.0. The van der Waals surface area contributed by atoms with Gasteiger partial charge in [-0.25, -0.2) is 9.59 Å². The predicted octanol–water partition coefficient (Wildman–Crippen LogP) is 0.312. The number of likely N-dealkylation sites (N-methyl/N-ethyl adjacent to an activating group) is 1. The summed E-state index contributed by atoms with van der Waals surface area (Å²) in [6.45, 7) is 8.64. The Kier molecular flexibility index (Phi) is 32.1. The summed E-state index contributed by atoms with van der Waals surface area (Å²) in [6.07, 6.45) is -4.17. The van der Waals surface area contributed by atoms with Gasteiger partial charge in [-0.3, -0.25) is 67.6 Å². The molecular weight excluding hydrogens is 1480 g/mol. The van der Waals surface area contributed by atoms with Gasteiger partial charge >= 0.3 is 24.0 Å². The first kappa shape index (κ1) is 86.3. The molecule has 110 heavy (non-hydrogen) atoms. The summed E-state index contributed by atoms with van der Waals surface area (Å²) in [5.41, 5.74) is 8.09. The molecule has 590 valence electrons. The first-order valence-corrected chi connectivity index (χ1v) is 38.5. The molecule has 2 aliphatic rings. The molecule has 12 atom stereocenters. The molecule has 0 saturated carbocycles. The van der Waals surface area contributed by atoms with Crippen molar-refractivity contribution in [3.63, 3.8) is 0 Å². The number of nitrogens with one attached hydrogen (secondary N) is 14. The van der Waals surface area contributed by atoms with Crippen molar-refractivity contribution in [3.05, 3.63) is 149 Å². The number of thioether (sulfide) groups is 3. The van der Waals surface area contributed by atoms with E-state index >= 15 is 0 Å². The summed E-state index contributed by atoms with van der Waals surface area (Å²) in [5, 5.41) is 67.4. The Morgan fingerprint density at radius 1 is 0.464 bits per heavy atom. The van der Waals surface area contributed by atoms with Crippen molar-refractivity contribution in [2.24, 2.45) is 11.1 Å². The van der Waals surface area contributed by atoms with Crippen LogP contribution in [0.25, 0.3) is 10.8 Å². The van der Waals surface area contributed by atoms with Gasteiger partial charge in [-0.2, -0.15) is 35.3 Å². The third-order valence-electron chi connectivity index (χ3n) is 17.5. The number of aliphatic carboxylic acids is 2. The summed E-state index contributed by atoms with van der Waals surface area (Å²) in [5.74, 6) is -14.1. The van der Waals surface area contributed by atoms with Crippen LogP contribution >= 0.6 is 35.3 Å². The van der Waals surface area contributed by atoms with E-state index in [1.807, 2.05) is 36.4 Å². The molecule has 4 bridgehead atoms. The highest BCUT2D eigenvalue weighted by atomic mass is 32.2. The number of carbonyl (C=O) groups is 15. The maximum Gasteiger partial charge on any atom is 0.324 e. The molecule has 2 aliphatic heterocycles. The van der Waals surface area contributed by atoms with Gasteiger partial charge in [0.05, 0.1) is 18.9 Å². The minimum atomic E-state index is -1.99. The Morgan fingerprint density at radius 3 is 1.49 bits per heavy atom. The fraction of sp³-hybridized carbons (Fsp3) is 0.419. The zero-order valence-corrected chi connectivity index (χ0v) is 63.9. The summed E-state index contributed by atoms with van der Waals surface area (Å²) in [6, 6.07) is 11.9. The predicted molar refractivity (Wildman–Crippen MR) is 411 cm³/mol. The SMILES string of the molecule is CNC1CSCc2cc3cc(c2)CSCC(NC(=O)C(C)NC(=O)C(Cc2cccc4ccccc24)NC(=O)NC(=O)NC(C)NC1=O)C(=O)NC(C)C(=O)NC(CC(=O)O)C(=O)NC(Cc1ccccc1)C(=O)NC(Cc1ccc(O)cc1)C(=O)NC(CC(=O)O)C(=O)NC(C(C)(C)C)C(=O)NC(C(N)=O)CSC3. The van der Waals surface area contributed by atoms with Crippen molar-refractivity contribution >= 4 is 135 Å². The molecule has 0 saturated heterocycles. The number of hydrogen-bond acceptors (Lipinski definition) is 20. The Morgan fingerprint density at radius 2 is 0.927 bits per heavy atom. The lowest BCUT2D eigenvalue weighted by Crippen LogP contribution is -2.62. The average Bonchev–Trinajstić information content (AvgIpc) is 0.832. The number of carbonyl (C=O) groups excluding carboxylic acids is 13. The van der Waals surface area contributed by atoms with E-state index in [2.05, 4.69) is 74.4 Å².